The van der Waals surface area contributed by atoms with Gasteiger partial charge in [-0.15, -0.1) is 0 Å². The number of aldehydes is 1. The van der Waals surface area contributed by atoms with Crippen LogP contribution in [0.25, 0.3) is 5.69 Å². The highest BCUT2D eigenvalue weighted by Crippen LogP contribution is 2.19. The Morgan fingerprint density at radius 3 is 2.20 bits per heavy atom. The Bertz CT molecular complexity index is 699. The van der Waals surface area contributed by atoms with E-state index in [1.165, 1.54) is 0 Å². The summed E-state index contributed by atoms with van der Waals surface area (Å²) in [6.07, 6.45) is 2.74. The number of carbonyl (C=O) groups excluding carboxylic acids is 1. The smallest absolute Gasteiger partial charge is 0.166 e. The average Bonchev–Trinajstić information content (AvgIpc) is 2.98. The molecule has 0 unspecified atom stereocenters. The molecule has 0 saturated heterocycles. The topological polar surface area (TPSA) is 34.0 Å². The van der Waals surface area contributed by atoms with Crippen molar-refractivity contribution >= 4 is 17.7 Å². The van der Waals surface area contributed by atoms with Crippen molar-refractivity contribution < 1.29 is 4.79 Å². The predicted octanol–water partition coefficient (Wildman–Crippen LogP) is 4.03. The van der Waals surface area contributed by atoms with Crippen molar-refractivity contribution in [3.8, 4) is 5.69 Å². The fourth-order valence-electron chi connectivity index (χ4n) is 2.12. The summed E-state index contributed by atoms with van der Waals surface area (Å²) >= 11 is 0. The van der Waals surface area contributed by atoms with Gasteiger partial charge < -0.3 is 9.88 Å². The molecule has 20 heavy (non-hydrogen) atoms. The van der Waals surface area contributed by atoms with E-state index >= 15 is 0 Å². The number of nitrogens with one attached hydrogen (secondary N) is 1. The van der Waals surface area contributed by atoms with E-state index in [0.717, 1.165) is 23.3 Å². The lowest BCUT2D eigenvalue weighted by Crippen LogP contribution is -1.97. The zero-order valence-electron chi connectivity index (χ0n) is 10.9. The molecule has 0 aliphatic rings. The molecule has 0 amide bonds. The summed E-state index contributed by atoms with van der Waals surface area (Å²) < 4.78 is 1.86. The van der Waals surface area contributed by atoms with Gasteiger partial charge in [-0.2, -0.15) is 0 Å². The number of anilines is 2. The zero-order valence-corrected chi connectivity index (χ0v) is 10.9. The molecule has 3 aromatic rings. The molecule has 3 heteroatoms. The van der Waals surface area contributed by atoms with Crippen LogP contribution in [0.3, 0.4) is 0 Å². The maximum atomic E-state index is 10.9. The number of hydrogen-bond donors (Lipinski definition) is 1. The summed E-state index contributed by atoms with van der Waals surface area (Å²) in [6, 6.07) is 21.6. The minimum atomic E-state index is 0.647. The summed E-state index contributed by atoms with van der Waals surface area (Å²) in [5.74, 6) is 0. The monoisotopic (exact) mass is 262 g/mol. The third-order valence-electron chi connectivity index (χ3n) is 3.11. The predicted molar refractivity (Wildman–Crippen MR) is 80.9 cm³/mol. The number of benzene rings is 2. The van der Waals surface area contributed by atoms with Crippen LogP contribution < -0.4 is 5.32 Å². The second-order valence-electron chi connectivity index (χ2n) is 4.46. The molecule has 2 aromatic carbocycles. The molecule has 1 aromatic heterocycles. The Morgan fingerprint density at radius 1 is 0.800 bits per heavy atom. The third kappa shape index (κ3) is 2.47. The van der Waals surface area contributed by atoms with E-state index in [1.807, 2.05) is 71.4 Å². The molecule has 3 nitrogen and oxygen atoms in total. The number of aromatic nitrogens is 1. The Kier molecular flexibility index (Phi) is 3.33. The number of para-hydroxylation sites is 1. The van der Waals surface area contributed by atoms with Gasteiger partial charge in [0.15, 0.2) is 6.29 Å². The Labute approximate surface area is 117 Å². The average molecular weight is 262 g/mol. The first-order valence-electron chi connectivity index (χ1n) is 6.42. The summed E-state index contributed by atoms with van der Waals surface area (Å²) in [6.45, 7) is 0. The molecule has 1 N–H and O–H groups in total. The maximum absolute atomic E-state index is 10.9. The molecule has 0 aliphatic heterocycles. The Hall–Kier alpha value is -2.81. The van der Waals surface area contributed by atoms with E-state index in [2.05, 4.69) is 5.32 Å². The first-order chi connectivity index (χ1) is 9.86. The fraction of sp³-hybridized carbons (Fsp3) is 0. The molecule has 1 heterocycles. The lowest BCUT2D eigenvalue weighted by Gasteiger charge is -2.09. The van der Waals surface area contributed by atoms with E-state index < -0.39 is 0 Å². The van der Waals surface area contributed by atoms with E-state index in [-0.39, 0.29) is 0 Å². The van der Waals surface area contributed by atoms with Crippen LogP contribution in [-0.4, -0.2) is 10.9 Å². The Morgan fingerprint density at radius 2 is 1.50 bits per heavy atom. The number of carbonyl (C=O) groups is 1. The van der Waals surface area contributed by atoms with Crippen LogP contribution in [0.1, 0.15) is 10.5 Å². The minimum absolute atomic E-state index is 0.647. The van der Waals surface area contributed by atoms with Crippen LogP contribution in [0.2, 0.25) is 0 Å². The third-order valence-corrected chi connectivity index (χ3v) is 3.11. The van der Waals surface area contributed by atoms with Crippen molar-refractivity contribution in [1.82, 2.24) is 4.57 Å². The first kappa shape index (κ1) is 12.2. The fourth-order valence-corrected chi connectivity index (χ4v) is 2.12. The summed E-state index contributed by atoms with van der Waals surface area (Å²) in [5.41, 5.74) is 3.68. The molecule has 0 fully saturated rings. The van der Waals surface area contributed by atoms with Gasteiger partial charge in [-0.1, -0.05) is 18.2 Å². The normalized spacial score (nSPS) is 10.2. The van der Waals surface area contributed by atoms with Crippen molar-refractivity contribution in [2.75, 3.05) is 5.32 Å². The van der Waals surface area contributed by atoms with E-state index in [9.17, 15) is 4.79 Å². The molecule has 0 radical (unpaired) electrons. The SMILES string of the molecule is O=Cc1cccn1-c1ccc(Nc2ccccc2)cc1. The van der Waals surface area contributed by atoms with Gasteiger partial charge in [-0.05, 0) is 48.5 Å². The highest BCUT2D eigenvalue weighted by Gasteiger charge is 2.02. The maximum Gasteiger partial charge on any atom is 0.166 e. The van der Waals surface area contributed by atoms with Crippen LogP contribution in [0.4, 0.5) is 11.4 Å². The molecular formula is C17H14N2O. The van der Waals surface area contributed by atoms with Gasteiger partial charge in [0.2, 0.25) is 0 Å². The summed E-state index contributed by atoms with van der Waals surface area (Å²) in [4.78, 5) is 10.9. The van der Waals surface area contributed by atoms with Crippen molar-refractivity contribution in [2.45, 2.75) is 0 Å². The van der Waals surface area contributed by atoms with Gasteiger partial charge in [0, 0.05) is 23.3 Å². The van der Waals surface area contributed by atoms with Crippen LogP contribution >= 0.6 is 0 Å². The highest BCUT2D eigenvalue weighted by atomic mass is 16.1. The molecule has 0 spiro atoms. The molecule has 0 atom stereocenters. The zero-order chi connectivity index (χ0) is 13.8. The van der Waals surface area contributed by atoms with Crippen molar-refractivity contribution in [2.24, 2.45) is 0 Å². The van der Waals surface area contributed by atoms with Crippen molar-refractivity contribution in [3.05, 3.63) is 78.6 Å². The summed E-state index contributed by atoms with van der Waals surface area (Å²) in [7, 11) is 0. The van der Waals surface area contributed by atoms with E-state index in [0.29, 0.717) is 5.69 Å². The molecule has 98 valence electrons. The first-order valence-corrected chi connectivity index (χ1v) is 6.42. The van der Waals surface area contributed by atoms with Gasteiger partial charge in [0.25, 0.3) is 0 Å². The van der Waals surface area contributed by atoms with Crippen LogP contribution in [0.5, 0.6) is 0 Å². The van der Waals surface area contributed by atoms with Gasteiger partial charge in [-0.25, -0.2) is 0 Å². The van der Waals surface area contributed by atoms with Crippen molar-refractivity contribution in [3.63, 3.8) is 0 Å². The molecule has 0 bridgehead atoms. The Balaban J connectivity index is 1.83. The van der Waals surface area contributed by atoms with Gasteiger partial charge >= 0.3 is 0 Å². The largest absolute Gasteiger partial charge is 0.356 e. The van der Waals surface area contributed by atoms with Gasteiger partial charge in [-0.3, -0.25) is 4.79 Å². The lowest BCUT2D eigenvalue weighted by molar-refractivity contribution is 0.111. The minimum Gasteiger partial charge on any atom is -0.356 e. The summed E-state index contributed by atoms with van der Waals surface area (Å²) in [5, 5.41) is 3.33. The highest BCUT2D eigenvalue weighted by molar-refractivity contribution is 5.74. The van der Waals surface area contributed by atoms with Crippen LogP contribution in [-0.2, 0) is 0 Å². The van der Waals surface area contributed by atoms with Crippen molar-refractivity contribution in [1.29, 1.82) is 0 Å². The number of rotatable bonds is 4. The second kappa shape index (κ2) is 5.45. The van der Waals surface area contributed by atoms with Crippen LogP contribution in [0.15, 0.2) is 72.9 Å². The van der Waals surface area contributed by atoms with E-state index in [1.54, 1.807) is 6.07 Å². The van der Waals surface area contributed by atoms with Gasteiger partial charge in [0.1, 0.15) is 0 Å². The number of nitrogens with zero attached hydrogens (tertiary/aromatic N) is 1. The molecular weight excluding hydrogens is 248 g/mol. The molecule has 0 aliphatic carbocycles. The van der Waals surface area contributed by atoms with Crippen LogP contribution in [0, 0.1) is 0 Å². The second-order valence-corrected chi connectivity index (χ2v) is 4.46. The quantitative estimate of drug-likeness (QED) is 0.720. The van der Waals surface area contributed by atoms with E-state index in [4.69, 9.17) is 0 Å². The lowest BCUT2D eigenvalue weighted by atomic mass is 10.2. The van der Waals surface area contributed by atoms with Gasteiger partial charge in [0.05, 0.1) is 5.69 Å². The number of hydrogen-bond acceptors (Lipinski definition) is 2. The molecule has 0 saturated carbocycles. The molecule has 3 rings (SSSR count). The standard InChI is InChI=1S/C17H14N2O/c20-13-17-7-4-12-19(17)16-10-8-15(9-11-16)18-14-5-2-1-3-6-14/h1-13,18H.